The zero-order valence-electron chi connectivity index (χ0n) is 17.4. The van der Waals surface area contributed by atoms with Gasteiger partial charge in [0.1, 0.15) is 24.0 Å². The lowest BCUT2D eigenvalue weighted by molar-refractivity contribution is -0.136. The molecule has 8 nitrogen and oxygen atoms in total. The first-order valence-corrected chi connectivity index (χ1v) is 9.41. The maximum Gasteiger partial charge on any atom is 0.411 e. The van der Waals surface area contributed by atoms with Crippen LogP contribution in [0.5, 0.6) is 5.75 Å². The van der Waals surface area contributed by atoms with Crippen molar-refractivity contribution >= 4 is 23.8 Å². The van der Waals surface area contributed by atoms with Crippen molar-refractivity contribution in [2.24, 2.45) is 0 Å². The zero-order chi connectivity index (χ0) is 22.1. The maximum atomic E-state index is 12.1. The van der Waals surface area contributed by atoms with Crippen molar-refractivity contribution < 1.29 is 28.6 Å². The molecule has 0 saturated heterocycles. The van der Waals surface area contributed by atoms with Crippen LogP contribution in [0.25, 0.3) is 0 Å². The fourth-order valence-electron chi connectivity index (χ4n) is 2.23. The molecule has 160 valence electrons. The van der Waals surface area contributed by atoms with Crippen molar-refractivity contribution in [3.8, 4) is 5.75 Å². The molecule has 0 heterocycles. The molecule has 0 radical (unpaired) electrons. The van der Waals surface area contributed by atoms with E-state index in [2.05, 4.69) is 10.6 Å². The van der Waals surface area contributed by atoms with Crippen molar-refractivity contribution in [2.75, 3.05) is 5.32 Å². The third-order valence-electron chi connectivity index (χ3n) is 3.62. The van der Waals surface area contributed by atoms with Gasteiger partial charge >= 0.3 is 18.2 Å². The summed E-state index contributed by atoms with van der Waals surface area (Å²) < 4.78 is 15.5. The van der Waals surface area contributed by atoms with E-state index in [1.165, 1.54) is 19.1 Å². The van der Waals surface area contributed by atoms with Crippen molar-refractivity contribution in [1.82, 2.24) is 5.32 Å². The van der Waals surface area contributed by atoms with Crippen molar-refractivity contribution in [1.29, 1.82) is 0 Å². The average Bonchev–Trinajstić information content (AvgIpc) is 2.67. The van der Waals surface area contributed by atoms with Gasteiger partial charge in [-0.25, -0.2) is 14.4 Å². The number of carbonyl (C=O) groups excluding carboxylic acids is 3. The number of hydrogen-bond donors (Lipinski definition) is 2. The number of amides is 2. The van der Waals surface area contributed by atoms with Gasteiger partial charge in [0.05, 0.1) is 0 Å². The van der Waals surface area contributed by atoms with E-state index in [1.807, 2.05) is 30.3 Å². The van der Waals surface area contributed by atoms with Gasteiger partial charge in [0.15, 0.2) is 0 Å². The van der Waals surface area contributed by atoms with Crippen molar-refractivity contribution in [2.45, 2.75) is 45.9 Å². The summed E-state index contributed by atoms with van der Waals surface area (Å²) in [5, 5.41) is 5.00. The van der Waals surface area contributed by atoms with E-state index in [-0.39, 0.29) is 12.4 Å². The number of rotatable bonds is 6. The third kappa shape index (κ3) is 8.22. The zero-order valence-corrected chi connectivity index (χ0v) is 17.4. The van der Waals surface area contributed by atoms with E-state index in [0.717, 1.165) is 5.56 Å². The van der Waals surface area contributed by atoms with Crippen LogP contribution in [0.4, 0.5) is 15.3 Å². The minimum atomic E-state index is -0.898. The average molecular weight is 414 g/mol. The van der Waals surface area contributed by atoms with Gasteiger partial charge in [-0.2, -0.15) is 0 Å². The molecule has 2 rings (SSSR count). The Balaban J connectivity index is 1.79. The van der Waals surface area contributed by atoms with E-state index in [0.29, 0.717) is 5.69 Å². The number of esters is 1. The number of hydrogen-bond acceptors (Lipinski definition) is 6. The predicted molar refractivity (Wildman–Crippen MR) is 111 cm³/mol. The quantitative estimate of drug-likeness (QED) is 0.541. The smallest absolute Gasteiger partial charge is 0.411 e. The third-order valence-corrected chi connectivity index (χ3v) is 3.62. The molecule has 2 amide bonds. The molecule has 0 bridgehead atoms. The number of benzene rings is 2. The second-order valence-electron chi connectivity index (χ2n) is 7.50. The van der Waals surface area contributed by atoms with Crippen molar-refractivity contribution in [3.05, 3.63) is 60.2 Å². The molecule has 8 heteroatoms. The standard InChI is InChI=1S/C22H26N2O6/c1-15(23-21(27)30-22(2,3)4)19(25)29-18-12-10-17(11-13-18)24-20(26)28-14-16-8-6-5-7-9-16/h5-13,15H,14H2,1-4H3,(H,23,27)(H,24,26)/t15-/m0/s1. The van der Waals surface area contributed by atoms with Crippen molar-refractivity contribution in [3.63, 3.8) is 0 Å². The van der Waals surface area contributed by atoms with Gasteiger partial charge in [0.25, 0.3) is 0 Å². The molecule has 0 fully saturated rings. The molecule has 2 aromatic rings. The molecule has 2 N–H and O–H groups in total. The van der Waals surface area contributed by atoms with Gasteiger partial charge in [-0.1, -0.05) is 30.3 Å². The van der Waals surface area contributed by atoms with Gasteiger partial charge in [-0.3, -0.25) is 5.32 Å². The van der Waals surface area contributed by atoms with Crippen LogP contribution in [-0.4, -0.2) is 29.8 Å². The van der Waals surface area contributed by atoms with Gasteiger partial charge in [-0.05, 0) is 57.5 Å². The molecule has 2 aromatic carbocycles. The second kappa shape index (κ2) is 10.3. The number of alkyl carbamates (subject to hydrolysis) is 1. The van der Waals surface area contributed by atoms with E-state index in [4.69, 9.17) is 14.2 Å². The van der Waals surface area contributed by atoms with Crippen LogP contribution in [0.3, 0.4) is 0 Å². The maximum absolute atomic E-state index is 12.1. The molecule has 0 spiro atoms. The summed E-state index contributed by atoms with van der Waals surface area (Å²) in [7, 11) is 0. The first-order valence-electron chi connectivity index (χ1n) is 9.41. The summed E-state index contributed by atoms with van der Waals surface area (Å²) in [5.41, 5.74) is 0.690. The Hall–Kier alpha value is -3.55. The van der Waals surface area contributed by atoms with Crippen LogP contribution < -0.4 is 15.4 Å². The fraction of sp³-hybridized carbons (Fsp3) is 0.318. The molecule has 30 heavy (non-hydrogen) atoms. The van der Waals surface area contributed by atoms with E-state index in [9.17, 15) is 14.4 Å². The number of anilines is 1. The van der Waals surface area contributed by atoms with Gasteiger partial charge in [-0.15, -0.1) is 0 Å². The van der Waals surface area contributed by atoms with Crippen LogP contribution in [0.1, 0.15) is 33.3 Å². The lowest BCUT2D eigenvalue weighted by atomic mass is 10.2. The second-order valence-corrected chi connectivity index (χ2v) is 7.50. The summed E-state index contributed by atoms with van der Waals surface area (Å²) in [4.78, 5) is 35.7. The van der Waals surface area contributed by atoms with Crippen LogP contribution in [0.15, 0.2) is 54.6 Å². The summed E-state index contributed by atoms with van der Waals surface area (Å²) >= 11 is 0. The normalized spacial score (nSPS) is 11.7. The molecule has 0 aromatic heterocycles. The molecule has 0 saturated carbocycles. The Morgan fingerprint density at radius 3 is 2.17 bits per heavy atom. The summed E-state index contributed by atoms with van der Waals surface area (Å²) in [6.07, 6.45) is -1.31. The lowest BCUT2D eigenvalue weighted by Gasteiger charge is -2.21. The Bertz CT molecular complexity index is 859. The fourth-order valence-corrected chi connectivity index (χ4v) is 2.23. The first-order chi connectivity index (χ1) is 14.1. The van der Waals surface area contributed by atoms with E-state index >= 15 is 0 Å². The summed E-state index contributed by atoms with van der Waals surface area (Å²) in [6, 6.07) is 14.6. The summed E-state index contributed by atoms with van der Waals surface area (Å²) in [6.45, 7) is 6.82. The highest BCUT2D eigenvalue weighted by atomic mass is 16.6. The van der Waals surface area contributed by atoms with Crippen LogP contribution in [0, 0.1) is 0 Å². The minimum absolute atomic E-state index is 0.158. The van der Waals surface area contributed by atoms with Gasteiger partial charge < -0.3 is 19.5 Å². The highest BCUT2D eigenvalue weighted by molar-refractivity contribution is 5.85. The lowest BCUT2D eigenvalue weighted by Crippen LogP contribution is -2.43. The highest BCUT2D eigenvalue weighted by Crippen LogP contribution is 2.17. The Morgan fingerprint density at radius 1 is 0.933 bits per heavy atom. The molecule has 0 aliphatic rings. The molecular weight excluding hydrogens is 388 g/mol. The topological polar surface area (TPSA) is 103 Å². The molecular formula is C22H26N2O6. The van der Waals surface area contributed by atoms with E-state index in [1.54, 1.807) is 32.9 Å². The SMILES string of the molecule is C[C@H](NC(=O)OC(C)(C)C)C(=O)Oc1ccc(NC(=O)OCc2ccccc2)cc1. The number of carbonyl (C=O) groups is 3. The Labute approximate surface area is 175 Å². The van der Waals surface area contributed by atoms with Crippen LogP contribution in [0.2, 0.25) is 0 Å². The largest absolute Gasteiger partial charge is 0.444 e. The minimum Gasteiger partial charge on any atom is -0.444 e. The first kappa shape index (κ1) is 22.7. The Kier molecular flexibility index (Phi) is 7.80. The van der Waals surface area contributed by atoms with Crippen LogP contribution >= 0.6 is 0 Å². The number of nitrogens with one attached hydrogen (secondary N) is 2. The molecule has 0 unspecified atom stereocenters. The van der Waals surface area contributed by atoms with Gasteiger partial charge in [0, 0.05) is 5.69 Å². The van der Waals surface area contributed by atoms with E-state index < -0.39 is 29.8 Å². The van der Waals surface area contributed by atoms with Gasteiger partial charge in [0.2, 0.25) is 0 Å². The summed E-state index contributed by atoms with van der Waals surface area (Å²) in [5.74, 6) is -0.384. The van der Waals surface area contributed by atoms with Crippen LogP contribution in [-0.2, 0) is 20.9 Å². The monoisotopic (exact) mass is 414 g/mol. The number of ether oxygens (including phenoxy) is 3. The molecule has 1 atom stereocenters. The highest BCUT2D eigenvalue weighted by Gasteiger charge is 2.22. The molecule has 0 aliphatic carbocycles. The molecule has 0 aliphatic heterocycles. The Morgan fingerprint density at radius 2 is 1.57 bits per heavy atom. The predicted octanol–water partition coefficient (Wildman–Crippen LogP) is 4.25.